The summed E-state index contributed by atoms with van der Waals surface area (Å²) in [5, 5.41) is 19.7. The van der Waals surface area contributed by atoms with Crippen molar-refractivity contribution in [3.05, 3.63) is 42.5 Å². The number of aromatic nitrogens is 4. The highest BCUT2D eigenvalue weighted by Crippen LogP contribution is 2.40. The molecule has 31 heavy (non-hydrogen) atoms. The van der Waals surface area contributed by atoms with Gasteiger partial charge >= 0.3 is 0 Å². The Morgan fingerprint density at radius 1 is 1.23 bits per heavy atom. The van der Waals surface area contributed by atoms with Gasteiger partial charge in [-0.15, -0.1) is 0 Å². The van der Waals surface area contributed by atoms with Crippen molar-refractivity contribution < 1.29 is 9.50 Å². The van der Waals surface area contributed by atoms with Crippen molar-refractivity contribution in [1.29, 1.82) is 0 Å². The fourth-order valence-electron chi connectivity index (χ4n) is 4.78. The van der Waals surface area contributed by atoms with Crippen LogP contribution in [0.5, 0.6) is 5.75 Å². The second kappa shape index (κ2) is 6.37. The van der Waals surface area contributed by atoms with E-state index in [-0.39, 0.29) is 22.4 Å². The van der Waals surface area contributed by atoms with E-state index in [0.717, 1.165) is 29.7 Å². The third-order valence-electron chi connectivity index (χ3n) is 6.39. The molecule has 158 valence electrons. The van der Waals surface area contributed by atoms with Crippen LogP contribution in [-0.4, -0.2) is 49.5 Å². The van der Waals surface area contributed by atoms with Gasteiger partial charge < -0.3 is 15.3 Å². The number of aryl methyl sites for hydroxylation is 1. The Morgan fingerprint density at radius 2 is 2.06 bits per heavy atom. The molecule has 3 heterocycles. The summed E-state index contributed by atoms with van der Waals surface area (Å²) in [6.45, 7) is 4.21. The van der Waals surface area contributed by atoms with E-state index >= 15 is 0 Å². The van der Waals surface area contributed by atoms with Crippen LogP contribution in [0.4, 0.5) is 10.1 Å². The summed E-state index contributed by atoms with van der Waals surface area (Å²) in [6.07, 6.45) is 5.91. The van der Waals surface area contributed by atoms with Crippen molar-refractivity contribution in [2.24, 2.45) is 7.05 Å². The molecule has 1 aliphatic heterocycles. The first-order chi connectivity index (χ1) is 14.9. The van der Waals surface area contributed by atoms with Gasteiger partial charge in [0.15, 0.2) is 17.4 Å². The summed E-state index contributed by atoms with van der Waals surface area (Å²) in [6, 6.07) is 8.28. The summed E-state index contributed by atoms with van der Waals surface area (Å²) in [7, 11) is 1.71. The molecule has 1 saturated carbocycles. The van der Waals surface area contributed by atoms with Crippen molar-refractivity contribution in [3.63, 3.8) is 0 Å². The van der Waals surface area contributed by atoms with Gasteiger partial charge in [-0.25, -0.2) is 14.4 Å². The normalized spacial score (nSPS) is 20.1. The van der Waals surface area contributed by atoms with Crippen LogP contribution in [-0.2, 0) is 7.05 Å². The highest BCUT2D eigenvalue weighted by Gasteiger charge is 2.47. The number of hydrogen-bond acceptors (Lipinski definition) is 6. The number of rotatable bonds is 2. The van der Waals surface area contributed by atoms with Gasteiger partial charge in [-0.1, -0.05) is 0 Å². The summed E-state index contributed by atoms with van der Waals surface area (Å²) in [5.74, 6) is -0.948. The molecule has 2 aliphatic rings. The van der Waals surface area contributed by atoms with Crippen molar-refractivity contribution >= 4 is 27.5 Å². The SMILES string of the molecule is C[C@@H]1CN(c2ccc3nc(-c4cc5cn(C)nc5c(F)c4O)ncc3c2)CC2(CC2)N1. The Bertz CT molecular complexity index is 1350. The average Bonchev–Trinajstić information content (AvgIpc) is 3.37. The number of phenolic OH excluding ortho intramolecular Hbond substituents is 1. The van der Waals surface area contributed by atoms with Gasteiger partial charge in [0.05, 0.1) is 11.1 Å². The van der Waals surface area contributed by atoms with E-state index in [4.69, 9.17) is 0 Å². The van der Waals surface area contributed by atoms with Crippen LogP contribution in [0.15, 0.2) is 36.7 Å². The lowest BCUT2D eigenvalue weighted by molar-refractivity contribution is 0.372. The lowest BCUT2D eigenvalue weighted by atomic mass is 10.1. The Balaban J connectivity index is 1.38. The first-order valence-corrected chi connectivity index (χ1v) is 10.6. The predicted molar refractivity (Wildman–Crippen MR) is 118 cm³/mol. The number of anilines is 1. The van der Waals surface area contributed by atoms with Crippen molar-refractivity contribution in [1.82, 2.24) is 25.1 Å². The van der Waals surface area contributed by atoms with Crippen LogP contribution in [0.2, 0.25) is 0 Å². The molecule has 2 N–H and O–H groups in total. The molecule has 0 unspecified atom stereocenters. The second-order valence-electron chi connectivity index (χ2n) is 8.97. The number of halogens is 1. The molecule has 1 spiro atoms. The fraction of sp³-hybridized carbons (Fsp3) is 0.348. The number of hydrogen-bond donors (Lipinski definition) is 2. The highest BCUT2D eigenvalue weighted by molar-refractivity contribution is 5.89. The number of benzene rings is 2. The minimum Gasteiger partial charge on any atom is -0.504 e. The molecule has 6 rings (SSSR count). The van der Waals surface area contributed by atoms with Gasteiger partial charge in [0.2, 0.25) is 0 Å². The number of piperazine rings is 1. The maximum Gasteiger partial charge on any atom is 0.193 e. The first-order valence-electron chi connectivity index (χ1n) is 10.6. The smallest absolute Gasteiger partial charge is 0.193 e. The summed E-state index contributed by atoms with van der Waals surface area (Å²) >= 11 is 0. The molecule has 1 saturated heterocycles. The van der Waals surface area contributed by atoms with Crippen molar-refractivity contribution in [3.8, 4) is 17.1 Å². The average molecular weight is 418 g/mol. The maximum atomic E-state index is 14.6. The zero-order valence-corrected chi connectivity index (χ0v) is 17.4. The van der Waals surface area contributed by atoms with Gasteiger partial charge in [-0.2, -0.15) is 5.10 Å². The first kappa shape index (κ1) is 18.5. The van der Waals surface area contributed by atoms with Crippen molar-refractivity contribution in [2.75, 3.05) is 18.0 Å². The molecule has 0 amide bonds. The number of nitrogens with zero attached hydrogens (tertiary/aromatic N) is 5. The Kier molecular flexibility index (Phi) is 3.80. The van der Waals surface area contributed by atoms with Gasteiger partial charge in [0, 0.05) is 60.6 Å². The lowest BCUT2D eigenvalue weighted by Crippen LogP contribution is -2.57. The largest absolute Gasteiger partial charge is 0.504 e. The van der Waals surface area contributed by atoms with E-state index in [1.807, 2.05) is 6.07 Å². The van der Waals surface area contributed by atoms with Crippen LogP contribution in [0.1, 0.15) is 19.8 Å². The standard InChI is InChI=1S/C23H23FN6O/c1-13-10-30(12-23(27-13)5-6-23)16-3-4-18-14(7-16)9-25-22(26-18)17-8-15-11-29(2)28-20(15)19(24)21(17)31/h3-4,7-9,11,13,27,31H,5-6,10,12H2,1-2H3/t13-/m1/s1. The summed E-state index contributed by atoms with van der Waals surface area (Å²) < 4.78 is 16.2. The van der Waals surface area contributed by atoms with E-state index in [2.05, 4.69) is 44.3 Å². The Hall–Kier alpha value is -3.26. The topological polar surface area (TPSA) is 79.1 Å². The van der Waals surface area contributed by atoms with Crippen molar-refractivity contribution in [2.45, 2.75) is 31.3 Å². The minimum absolute atomic E-state index is 0.132. The second-order valence-corrected chi connectivity index (χ2v) is 8.97. The summed E-state index contributed by atoms with van der Waals surface area (Å²) in [4.78, 5) is 11.5. The molecule has 1 atom stereocenters. The molecule has 1 aliphatic carbocycles. The van der Waals surface area contributed by atoms with Crippen LogP contribution in [0, 0.1) is 5.82 Å². The number of nitrogens with one attached hydrogen (secondary N) is 1. The Labute approximate surface area is 178 Å². The molecule has 0 bridgehead atoms. The molecular weight excluding hydrogens is 395 g/mol. The molecule has 4 aromatic rings. The van der Waals surface area contributed by atoms with Gasteiger partial charge in [-0.05, 0) is 44.0 Å². The van der Waals surface area contributed by atoms with Crippen LogP contribution >= 0.6 is 0 Å². The van der Waals surface area contributed by atoms with Gasteiger partial charge in [0.1, 0.15) is 5.52 Å². The van der Waals surface area contributed by atoms with Gasteiger partial charge in [-0.3, -0.25) is 4.68 Å². The monoisotopic (exact) mass is 418 g/mol. The van der Waals surface area contributed by atoms with Crippen LogP contribution in [0.25, 0.3) is 33.2 Å². The molecule has 2 aromatic heterocycles. The maximum absolute atomic E-state index is 14.6. The molecule has 7 nitrogen and oxygen atoms in total. The predicted octanol–water partition coefficient (Wildman–Crippen LogP) is 3.36. The quantitative estimate of drug-likeness (QED) is 0.520. The van der Waals surface area contributed by atoms with Crippen LogP contribution < -0.4 is 10.2 Å². The third-order valence-corrected chi connectivity index (χ3v) is 6.39. The number of fused-ring (bicyclic) bond motifs is 2. The molecule has 8 heteroatoms. The lowest BCUT2D eigenvalue weighted by Gasteiger charge is -2.39. The van der Waals surface area contributed by atoms with E-state index in [9.17, 15) is 9.50 Å². The number of phenols is 1. The van der Waals surface area contributed by atoms with E-state index in [1.165, 1.54) is 17.5 Å². The third kappa shape index (κ3) is 3.01. The van der Waals surface area contributed by atoms with E-state index in [1.54, 1.807) is 25.5 Å². The minimum atomic E-state index is -0.756. The number of aromatic hydroxyl groups is 1. The zero-order valence-electron chi connectivity index (χ0n) is 17.4. The molecule has 2 fully saturated rings. The molecule has 2 aromatic carbocycles. The molecular formula is C23H23FN6O. The van der Waals surface area contributed by atoms with E-state index in [0.29, 0.717) is 11.4 Å². The Morgan fingerprint density at radius 3 is 2.87 bits per heavy atom. The zero-order chi connectivity index (χ0) is 21.3. The van der Waals surface area contributed by atoms with Gasteiger partial charge in [0.25, 0.3) is 0 Å². The summed E-state index contributed by atoms with van der Waals surface area (Å²) in [5.41, 5.74) is 2.58. The van der Waals surface area contributed by atoms with Crippen LogP contribution in [0.3, 0.4) is 0 Å². The van der Waals surface area contributed by atoms with E-state index < -0.39 is 11.6 Å². The highest BCUT2D eigenvalue weighted by atomic mass is 19.1. The molecule has 0 radical (unpaired) electrons. The fourth-order valence-corrected chi connectivity index (χ4v) is 4.78.